The van der Waals surface area contributed by atoms with Crippen LogP contribution in [0.15, 0.2) is 4.52 Å². The average Bonchev–Trinajstić information content (AvgIpc) is 2.75. The van der Waals surface area contributed by atoms with Crippen molar-refractivity contribution in [3.63, 3.8) is 0 Å². The van der Waals surface area contributed by atoms with Crippen LogP contribution in [0.25, 0.3) is 0 Å². The molecule has 0 aliphatic carbocycles. The molecule has 18 heavy (non-hydrogen) atoms. The normalized spacial score (nSPS) is 13.7. The van der Waals surface area contributed by atoms with Gasteiger partial charge in [0.15, 0.2) is 0 Å². The lowest BCUT2D eigenvalue weighted by Gasteiger charge is -2.17. The lowest BCUT2D eigenvalue weighted by Crippen LogP contribution is -2.27. The van der Waals surface area contributed by atoms with Crippen LogP contribution in [0.3, 0.4) is 0 Å². The van der Waals surface area contributed by atoms with Crippen LogP contribution >= 0.6 is 0 Å². The molecule has 0 spiro atoms. The number of alkyl halides is 3. The number of aromatic nitrogens is 2. The van der Waals surface area contributed by atoms with E-state index in [2.05, 4.69) is 10.1 Å². The topological polar surface area (TPSA) is 68.2 Å². The van der Waals surface area contributed by atoms with Crippen molar-refractivity contribution in [3.8, 4) is 0 Å². The molecule has 0 aliphatic heterocycles. The maximum atomic E-state index is 12.7. The van der Waals surface area contributed by atoms with Crippen LogP contribution in [0.5, 0.6) is 0 Å². The predicted octanol–water partition coefficient (Wildman–Crippen LogP) is 1.60. The van der Waals surface area contributed by atoms with Gasteiger partial charge >= 0.3 is 6.18 Å². The van der Waals surface area contributed by atoms with Crippen LogP contribution in [-0.4, -0.2) is 36.5 Å². The number of hydrogen-bond acceptors (Lipinski definition) is 5. The summed E-state index contributed by atoms with van der Waals surface area (Å²) in [4.78, 5) is 5.60. The highest BCUT2D eigenvalue weighted by atomic mass is 19.4. The third kappa shape index (κ3) is 3.86. The second-order valence-corrected chi connectivity index (χ2v) is 4.02. The zero-order chi connectivity index (χ0) is 13.8. The molecular formula is C10H17F3N4O. The minimum atomic E-state index is -4.30. The van der Waals surface area contributed by atoms with Crippen molar-refractivity contribution in [2.75, 3.05) is 25.0 Å². The molecule has 0 fully saturated rings. The molecule has 0 aromatic carbocycles. The summed E-state index contributed by atoms with van der Waals surface area (Å²) in [6.07, 6.45) is -4.78. The fourth-order valence-electron chi connectivity index (χ4n) is 1.42. The lowest BCUT2D eigenvalue weighted by molar-refractivity contribution is -0.176. The van der Waals surface area contributed by atoms with E-state index in [1.165, 1.54) is 0 Å². The maximum absolute atomic E-state index is 12.7. The van der Waals surface area contributed by atoms with Crippen LogP contribution in [0.4, 0.5) is 19.1 Å². The molecule has 8 heteroatoms. The Kier molecular flexibility index (Phi) is 4.94. The molecule has 0 radical (unpaired) electrons. The Morgan fingerprint density at radius 3 is 2.61 bits per heavy atom. The summed E-state index contributed by atoms with van der Waals surface area (Å²) in [5, 5.41) is 3.62. The molecule has 1 rings (SSSR count). The van der Waals surface area contributed by atoms with E-state index < -0.39 is 12.1 Å². The molecule has 0 bridgehead atoms. The summed E-state index contributed by atoms with van der Waals surface area (Å²) in [7, 11) is 1.73. The Bertz CT molecular complexity index is 366. The van der Waals surface area contributed by atoms with Crippen molar-refractivity contribution in [3.05, 3.63) is 5.89 Å². The SMILES string of the molecule is CCN(C)c1noc(CC(CCN)C(F)(F)F)n1. The summed E-state index contributed by atoms with van der Waals surface area (Å²) in [5.74, 6) is -1.26. The number of nitrogens with zero attached hydrogens (tertiary/aromatic N) is 3. The highest BCUT2D eigenvalue weighted by Gasteiger charge is 2.40. The van der Waals surface area contributed by atoms with Gasteiger partial charge in [-0.15, -0.1) is 0 Å². The summed E-state index contributed by atoms with van der Waals surface area (Å²) in [5.41, 5.74) is 5.18. The molecule has 1 aromatic heterocycles. The van der Waals surface area contributed by atoms with Crippen molar-refractivity contribution in [2.24, 2.45) is 11.7 Å². The van der Waals surface area contributed by atoms with E-state index in [1.807, 2.05) is 6.92 Å². The van der Waals surface area contributed by atoms with Gasteiger partial charge in [-0.25, -0.2) is 0 Å². The largest absolute Gasteiger partial charge is 0.392 e. The monoisotopic (exact) mass is 266 g/mol. The first kappa shape index (κ1) is 14.7. The molecule has 0 saturated carbocycles. The molecular weight excluding hydrogens is 249 g/mol. The van der Waals surface area contributed by atoms with Gasteiger partial charge in [-0.1, -0.05) is 0 Å². The van der Waals surface area contributed by atoms with E-state index in [0.29, 0.717) is 12.5 Å². The van der Waals surface area contributed by atoms with Gasteiger partial charge in [-0.2, -0.15) is 18.2 Å². The average molecular weight is 266 g/mol. The van der Waals surface area contributed by atoms with Crippen LogP contribution in [-0.2, 0) is 6.42 Å². The highest BCUT2D eigenvalue weighted by Crippen LogP contribution is 2.31. The minimum Gasteiger partial charge on any atom is -0.342 e. The summed E-state index contributed by atoms with van der Waals surface area (Å²) < 4.78 is 42.8. The standard InChI is InChI=1S/C10H17F3N4O/c1-3-17(2)9-15-8(18-16-9)6-7(4-5-14)10(11,12)13/h7H,3-6,14H2,1-2H3. The molecule has 1 heterocycles. The number of hydrogen-bond donors (Lipinski definition) is 1. The quantitative estimate of drug-likeness (QED) is 0.847. The van der Waals surface area contributed by atoms with Crippen molar-refractivity contribution in [1.82, 2.24) is 10.1 Å². The number of nitrogens with two attached hydrogens (primary N) is 1. The fraction of sp³-hybridized carbons (Fsp3) is 0.800. The van der Waals surface area contributed by atoms with Crippen molar-refractivity contribution < 1.29 is 17.7 Å². The van der Waals surface area contributed by atoms with E-state index in [1.54, 1.807) is 11.9 Å². The zero-order valence-electron chi connectivity index (χ0n) is 10.4. The summed E-state index contributed by atoms with van der Waals surface area (Å²) in [6.45, 7) is 2.49. The fourth-order valence-corrected chi connectivity index (χ4v) is 1.42. The smallest absolute Gasteiger partial charge is 0.342 e. The molecule has 1 aromatic rings. The van der Waals surface area contributed by atoms with Crippen molar-refractivity contribution in [2.45, 2.75) is 25.9 Å². The third-order valence-electron chi connectivity index (χ3n) is 2.67. The molecule has 1 unspecified atom stereocenters. The van der Waals surface area contributed by atoms with E-state index in [4.69, 9.17) is 10.3 Å². The van der Waals surface area contributed by atoms with Gasteiger partial charge in [-0.05, 0) is 25.0 Å². The predicted molar refractivity (Wildman–Crippen MR) is 60.2 cm³/mol. The Labute approximate surface area is 103 Å². The Balaban J connectivity index is 2.72. The van der Waals surface area contributed by atoms with Gasteiger partial charge in [0.2, 0.25) is 5.89 Å². The van der Waals surface area contributed by atoms with Crippen LogP contribution in [0.2, 0.25) is 0 Å². The first-order valence-corrected chi connectivity index (χ1v) is 5.69. The molecule has 0 aliphatic rings. The van der Waals surface area contributed by atoms with Gasteiger partial charge in [0, 0.05) is 20.0 Å². The van der Waals surface area contributed by atoms with Gasteiger partial charge < -0.3 is 15.2 Å². The van der Waals surface area contributed by atoms with Crippen LogP contribution in [0, 0.1) is 5.92 Å². The van der Waals surface area contributed by atoms with Crippen molar-refractivity contribution in [1.29, 1.82) is 0 Å². The Morgan fingerprint density at radius 1 is 1.44 bits per heavy atom. The molecule has 0 saturated heterocycles. The Morgan fingerprint density at radius 2 is 2.11 bits per heavy atom. The molecule has 5 nitrogen and oxygen atoms in total. The zero-order valence-corrected chi connectivity index (χ0v) is 10.4. The minimum absolute atomic E-state index is 0.0129. The molecule has 2 N–H and O–H groups in total. The number of anilines is 1. The second kappa shape index (κ2) is 6.03. The van der Waals surface area contributed by atoms with Gasteiger partial charge in [0.1, 0.15) is 0 Å². The first-order valence-electron chi connectivity index (χ1n) is 5.69. The lowest BCUT2D eigenvalue weighted by atomic mass is 10.0. The van der Waals surface area contributed by atoms with E-state index in [0.717, 1.165) is 0 Å². The maximum Gasteiger partial charge on any atom is 0.392 e. The highest BCUT2D eigenvalue weighted by molar-refractivity contribution is 5.25. The Hall–Kier alpha value is -1.31. The van der Waals surface area contributed by atoms with Crippen molar-refractivity contribution >= 4 is 5.95 Å². The third-order valence-corrected chi connectivity index (χ3v) is 2.67. The molecule has 1 atom stereocenters. The van der Waals surface area contributed by atoms with Crippen LogP contribution in [0.1, 0.15) is 19.2 Å². The van der Waals surface area contributed by atoms with E-state index in [9.17, 15) is 13.2 Å². The summed E-state index contributed by atoms with van der Waals surface area (Å²) in [6, 6.07) is 0. The van der Waals surface area contributed by atoms with Gasteiger partial charge in [0.25, 0.3) is 5.95 Å². The second-order valence-electron chi connectivity index (χ2n) is 4.02. The van der Waals surface area contributed by atoms with E-state index >= 15 is 0 Å². The van der Waals surface area contributed by atoms with E-state index in [-0.39, 0.29) is 25.3 Å². The molecule has 104 valence electrons. The summed E-state index contributed by atoms with van der Waals surface area (Å²) >= 11 is 0. The van der Waals surface area contributed by atoms with Crippen LogP contribution < -0.4 is 10.6 Å². The first-order chi connectivity index (χ1) is 8.38. The van der Waals surface area contributed by atoms with Gasteiger partial charge in [-0.3, -0.25) is 0 Å². The van der Waals surface area contributed by atoms with Gasteiger partial charge in [0.05, 0.1) is 5.92 Å². The number of rotatable bonds is 6. The number of halogens is 3. The molecule has 0 amide bonds.